The average Bonchev–Trinajstić information content (AvgIpc) is 0.629. The van der Waals surface area contributed by atoms with Gasteiger partial charge < -0.3 is 66.4 Å². The summed E-state index contributed by atoms with van der Waals surface area (Å²) in [5.41, 5.74) is -3.88. The van der Waals surface area contributed by atoms with Crippen molar-refractivity contribution in [2.24, 2.45) is 16.7 Å². The fraction of sp³-hybridized carbons (Fsp3) is 1.00. The smallest absolute Gasteiger partial charge is 0.374 e. The number of hydrogen-bond acceptors (Lipinski definition) is 35. The lowest BCUT2D eigenvalue weighted by molar-refractivity contribution is -0.174. The summed E-state index contributed by atoms with van der Waals surface area (Å²) in [7, 11) is -17.6. The Bertz CT molecular complexity index is 2120. The van der Waals surface area contributed by atoms with Crippen LogP contribution in [0.2, 0.25) is 30.2 Å². The van der Waals surface area contributed by atoms with E-state index < -0.39 is 102 Å². The molecule has 0 heterocycles. The van der Waals surface area contributed by atoms with Crippen LogP contribution >= 0.6 is 253 Å². The highest BCUT2D eigenvalue weighted by molar-refractivity contribution is 8.20. The molecule has 0 amide bonds. The summed E-state index contributed by atoms with van der Waals surface area (Å²) in [4.78, 5) is 0. The van der Waals surface area contributed by atoms with Crippen LogP contribution in [0.5, 0.6) is 0 Å². The van der Waals surface area contributed by atoms with Crippen molar-refractivity contribution in [2.75, 3.05) is 99.1 Å². The van der Waals surface area contributed by atoms with Crippen LogP contribution in [0.25, 0.3) is 0 Å². The highest BCUT2D eigenvalue weighted by Gasteiger charge is 2.89. The van der Waals surface area contributed by atoms with Crippen LogP contribution in [0.1, 0.15) is 187 Å². The van der Waals surface area contributed by atoms with Crippen LogP contribution in [-0.2, 0) is 66.4 Å². The minimum atomic E-state index is -3.56. The highest BCUT2D eigenvalue weighted by atomic mass is 32.2. The molecule has 0 N–H and O–H groups in total. The third kappa shape index (κ3) is 25.5. The second-order valence-corrected chi connectivity index (χ2v) is 57.7. The third-order valence-electron chi connectivity index (χ3n) is 18.9. The molecule has 0 spiro atoms. The molecule has 0 aliphatic heterocycles. The lowest BCUT2D eigenvalue weighted by atomic mass is 9.33. The predicted molar refractivity (Wildman–Crippen MR) is 503 cm³/mol. The van der Waals surface area contributed by atoms with E-state index in [1.165, 1.54) is 0 Å². The van der Waals surface area contributed by atoms with E-state index in [4.69, 9.17) is 319 Å². The van der Waals surface area contributed by atoms with Crippen molar-refractivity contribution in [1.29, 1.82) is 0 Å². The van der Waals surface area contributed by atoms with Crippen molar-refractivity contribution in [3.63, 3.8) is 0 Å². The Kier molecular flexibility index (Phi) is 49.9. The second kappa shape index (κ2) is 47.3. The van der Waals surface area contributed by atoms with E-state index in [1.54, 1.807) is 0 Å². The van der Waals surface area contributed by atoms with Gasteiger partial charge in [-0.25, -0.2) is 0 Å². The summed E-state index contributed by atoms with van der Waals surface area (Å²) in [6.45, 7) is 33.7. The topological polar surface area (TPSA) is 138 Å². The summed E-state index contributed by atoms with van der Waals surface area (Å²) < 4.78 is 82.0. The maximum absolute atomic E-state index is 6.70. The predicted octanol–water partition coefficient (Wildman–Crippen LogP) is 18.5. The molecule has 1 rings (SSSR count). The lowest BCUT2D eigenvalue weighted by Crippen LogP contribution is -2.87. The standard InChI is InChI=1S/C61H132O15S20Si5/c1-16-62-97(63-17-2,64-18-3)44-32-38-50(77,57(82,83)84)49-37-31-39-51(52(78,58(85,86)87)40-33-45-98(65-19-4,66-20-5)67-21-6,53(79,59(88,89)90)41-34-46-99(68-22-7,69-23-8)70-24-9)56(49,54(80,60(91,92)93)42-35-47-100(71-25-10,72-26-11)73-27-12)55(81,61(94,95)96)43-36-48-101(74-28-13,75-29-14)76-30-15/h49,77-96H,16-48H2,1-15H3. The first-order valence-corrected chi connectivity index (χ1v) is 54.4. The van der Waals surface area contributed by atoms with Crippen LogP contribution < -0.4 is 0 Å². The Labute approximate surface area is 728 Å². The molecule has 15 nitrogen and oxygen atoms in total. The zero-order chi connectivity index (χ0) is 78.0. The summed E-state index contributed by atoms with van der Waals surface area (Å²) in [6, 6.07) is 1.52. The summed E-state index contributed by atoms with van der Waals surface area (Å²) in [5, 5.41) is 0. The average molecular weight is 1890 g/mol. The quantitative estimate of drug-likeness (QED) is 0.0160. The maximum atomic E-state index is 6.70. The van der Waals surface area contributed by atoms with Crippen LogP contribution in [0, 0.1) is 16.7 Å². The third-order valence-corrected chi connectivity index (χ3v) is 47.7. The fourth-order valence-electron chi connectivity index (χ4n) is 15.9. The minimum absolute atomic E-state index is 0.0585. The molecule has 0 saturated heterocycles. The minimum Gasteiger partial charge on any atom is -0.374 e. The van der Waals surface area contributed by atoms with Gasteiger partial charge in [-0.2, -0.15) is 63.1 Å². The monoisotopic (exact) mass is 1880 g/mol. The Morgan fingerprint density at radius 3 is 0.604 bits per heavy atom. The van der Waals surface area contributed by atoms with Crippen LogP contribution in [-0.4, -0.2) is 184 Å². The Hall–Kier alpha value is 7.48. The molecular formula is C61H132O15S20Si5. The molecule has 1 aliphatic carbocycles. The molecule has 0 bridgehead atoms. The van der Waals surface area contributed by atoms with E-state index in [2.05, 4.69) is 0 Å². The zero-order valence-corrected chi connectivity index (χ0v) is 85.4. The summed E-state index contributed by atoms with van der Waals surface area (Å²) in [5.74, 6) is -1.02. The van der Waals surface area contributed by atoms with Crippen molar-refractivity contribution in [1.82, 2.24) is 0 Å². The van der Waals surface area contributed by atoms with E-state index in [-0.39, 0.29) is 63.5 Å². The van der Waals surface area contributed by atoms with Crippen LogP contribution in [0.15, 0.2) is 0 Å². The van der Waals surface area contributed by atoms with Gasteiger partial charge in [0.2, 0.25) is 0 Å². The van der Waals surface area contributed by atoms with Gasteiger partial charge in [0.1, 0.15) is 17.1 Å². The van der Waals surface area contributed by atoms with E-state index in [9.17, 15) is 0 Å². The van der Waals surface area contributed by atoms with E-state index in [1.807, 2.05) is 104 Å². The number of rotatable bonds is 60. The van der Waals surface area contributed by atoms with Gasteiger partial charge in [0.25, 0.3) is 0 Å². The highest BCUT2D eigenvalue weighted by Crippen LogP contribution is 2.87. The van der Waals surface area contributed by atoms with Crippen molar-refractivity contribution in [3.05, 3.63) is 0 Å². The van der Waals surface area contributed by atoms with Crippen LogP contribution in [0.4, 0.5) is 0 Å². The molecule has 1 saturated carbocycles. The molecule has 0 aromatic carbocycles. The summed E-state index contributed by atoms with van der Waals surface area (Å²) >= 11 is 119. The van der Waals surface area contributed by atoms with E-state index in [0.29, 0.717) is 149 Å². The number of thiol groups is 20. The van der Waals surface area contributed by atoms with Crippen molar-refractivity contribution < 1.29 is 66.4 Å². The maximum Gasteiger partial charge on any atom is 0.500 e. The Morgan fingerprint density at radius 1 is 0.257 bits per heavy atom. The first-order valence-electron chi connectivity index (χ1n) is 35.8. The molecule has 0 radical (unpaired) electrons. The van der Waals surface area contributed by atoms with E-state index >= 15 is 0 Å². The Morgan fingerprint density at radius 2 is 0.436 bits per heavy atom. The lowest BCUT2D eigenvalue weighted by Gasteiger charge is -2.83. The van der Waals surface area contributed by atoms with Gasteiger partial charge in [0, 0.05) is 145 Å². The molecule has 1 fully saturated rings. The molecule has 0 aromatic heterocycles. The van der Waals surface area contributed by atoms with Gasteiger partial charge in [-0.3, -0.25) is 0 Å². The first kappa shape index (κ1) is 106. The number of hydrogen-bond donors (Lipinski definition) is 20. The van der Waals surface area contributed by atoms with Crippen molar-refractivity contribution in [3.8, 4) is 0 Å². The van der Waals surface area contributed by atoms with Gasteiger partial charge >= 0.3 is 44.0 Å². The van der Waals surface area contributed by atoms with Gasteiger partial charge in [0.15, 0.2) is 0 Å². The molecule has 0 aromatic rings. The summed E-state index contributed by atoms with van der Waals surface area (Å²) in [6.07, 6.45) is 2.89. The van der Waals surface area contributed by atoms with Crippen LogP contribution in [0.3, 0.4) is 0 Å². The molecule has 1 aliphatic rings. The van der Waals surface area contributed by atoms with Gasteiger partial charge in [0.05, 0.1) is 19.0 Å². The molecule has 6 atom stereocenters. The second-order valence-electron chi connectivity index (χ2n) is 24.9. The van der Waals surface area contributed by atoms with E-state index in [0.717, 1.165) is 0 Å². The van der Waals surface area contributed by atoms with Gasteiger partial charge in [-0.1, -0.05) is 6.42 Å². The van der Waals surface area contributed by atoms with Crippen molar-refractivity contribution in [2.45, 2.75) is 258 Å². The first-order chi connectivity index (χ1) is 46.8. The fourth-order valence-corrected chi connectivity index (χ4v) is 36.6. The molecule has 606 valence electrons. The normalized spacial score (nSPS) is 21.5. The largest absolute Gasteiger partial charge is 0.500 e. The van der Waals surface area contributed by atoms with Gasteiger partial charge in [-0.15, -0.1) is 189 Å². The van der Waals surface area contributed by atoms with Crippen molar-refractivity contribution >= 4 is 297 Å². The SMILES string of the molecule is CCO[Si](CCCC(S)(C1CCCC(C(S)(CCC[Si](OCC)(OCC)OCC)C(S)(S)S)(C(S)(CCC[Si](OCC)(OCC)OCC)C(S)(S)S)C1(C(S)(CCC[Si](OCC)(OCC)OCC)C(S)(S)S)C(S)(CCC[Si](OCC)(OCC)OCC)C(S)(S)S)C(S)(S)S)(OCC)OCC. The molecule has 40 heteroatoms. The molecular weight excluding hydrogens is 1750 g/mol. The van der Waals surface area contributed by atoms with Gasteiger partial charge in [-0.05, 0) is 187 Å². The Balaban J connectivity index is 6.26. The zero-order valence-electron chi connectivity index (χ0n) is 62.5. The molecule has 6 unspecified atom stereocenters. The molecule has 101 heavy (non-hydrogen) atoms.